The molecule has 306 valence electrons. The molecule has 16 heteroatoms. The van der Waals surface area contributed by atoms with Crippen molar-refractivity contribution >= 4 is 79.4 Å². The number of nitrogens with one attached hydrogen (secondary N) is 2. The summed E-state index contributed by atoms with van der Waals surface area (Å²) in [4.78, 5) is 28.4. The third-order valence-electron chi connectivity index (χ3n) is 9.97. The first kappa shape index (κ1) is 42.1. The maximum absolute atomic E-state index is 13.0. The maximum atomic E-state index is 13.0. The number of imidazole rings is 1. The number of amides is 1. The highest BCUT2D eigenvalue weighted by atomic mass is 35.5. The van der Waals surface area contributed by atoms with Crippen LogP contribution in [0.2, 0.25) is 15.1 Å². The van der Waals surface area contributed by atoms with Crippen LogP contribution in [0.1, 0.15) is 58.6 Å². The highest BCUT2D eigenvalue weighted by Crippen LogP contribution is 2.33. The van der Waals surface area contributed by atoms with Crippen LogP contribution in [0.3, 0.4) is 0 Å². The zero-order valence-corrected chi connectivity index (χ0v) is 34.9. The maximum Gasteiger partial charge on any atom is 0.573 e. The number of aromatic nitrogens is 4. The van der Waals surface area contributed by atoms with E-state index in [1.165, 1.54) is 12.1 Å². The number of alkyl halides is 3. The summed E-state index contributed by atoms with van der Waals surface area (Å²) in [6, 6.07) is 25.5. The number of fused-ring (bicyclic) bond motifs is 2. The molecule has 0 spiro atoms. The molecule has 1 aliphatic rings. The summed E-state index contributed by atoms with van der Waals surface area (Å²) in [7, 11) is 0. The summed E-state index contributed by atoms with van der Waals surface area (Å²) in [6.45, 7) is 4.81. The Morgan fingerprint density at radius 2 is 1.66 bits per heavy atom. The third-order valence-corrected chi connectivity index (χ3v) is 11.8. The van der Waals surface area contributed by atoms with Gasteiger partial charge in [0.25, 0.3) is 5.91 Å². The molecule has 5 heterocycles. The molecule has 8 rings (SSSR count). The van der Waals surface area contributed by atoms with Crippen LogP contribution in [0.5, 0.6) is 5.75 Å². The number of nitrogens with zero attached hydrogens (tertiary/aromatic N) is 5. The largest absolute Gasteiger partial charge is 0.573 e. The second kappa shape index (κ2) is 18.9. The Balaban J connectivity index is 0.000000221. The van der Waals surface area contributed by atoms with Gasteiger partial charge in [-0.15, -0.1) is 24.5 Å². The van der Waals surface area contributed by atoms with Crippen LogP contribution in [0.25, 0.3) is 15.9 Å². The average molecular weight is 881 g/mol. The van der Waals surface area contributed by atoms with Gasteiger partial charge in [0.1, 0.15) is 29.2 Å². The quantitative estimate of drug-likeness (QED) is 0.134. The predicted octanol–water partition coefficient (Wildman–Crippen LogP) is 11.4. The number of anilines is 2. The minimum absolute atomic E-state index is 0.200. The van der Waals surface area contributed by atoms with Gasteiger partial charge in [-0.1, -0.05) is 72.1 Å². The van der Waals surface area contributed by atoms with Gasteiger partial charge in [-0.25, -0.2) is 15.0 Å². The number of aryl methyl sites for hydroxylation is 1. The number of hydrogen-bond acceptors (Lipinski definition) is 8. The molecule has 1 aliphatic heterocycles. The fraction of sp³-hybridized carbons (Fsp3) is 0.256. The van der Waals surface area contributed by atoms with Gasteiger partial charge in [0.2, 0.25) is 0 Å². The fourth-order valence-corrected chi connectivity index (χ4v) is 8.29. The molecule has 2 N–H and O–H groups in total. The number of carbonyl (C=O) groups excluding carboxylic acids is 1. The zero-order chi connectivity index (χ0) is 41.5. The molecule has 1 saturated heterocycles. The van der Waals surface area contributed by atoms with E-state index in [1.54, 1.807) is 52.5 Å². The lowest BCUT2D eigenvalue weighted by Gasteiger charge is -2.34. The number of benzene rings is 3. The van der Waals surface area contributed by atoms with Crippen LogP contribution in [0, 0.1) is 0 Å². The Morgan fingerprint density at radius 3 is 2.37 bits per heavy atom. The van der Waals surface area contributed by atoms with Crippen molar-refractivity contribution in [2.24, 2.45) is 0 Å². The zero-order valence-electron chi connectivity index (χ0n) is 31.8. The molecule has 1 fully saturated rings. The second-order valence-corrected chi connectivity index (χ2v) is 16.0. The number of halogens is 6. The molecule has 0 radical (unpaired) electrons. The Bertz CT molecular complexity index is 2520. The van der Waals surface area contributed by atoms with Crippen molar-refractivity contribution in [1.29, 1.82) is 0 Å². The van der Waals surface area contributed by atoms with Crippen LogP contribution in [-0.4, -0.2) is 51.3 Å². The SMILES string of the molecule is CCc1nc2ccc(Cl)cn2c1C(=O)NCc1ccc(N2CCC(c3ccc(OC(F)(F)F)cc3)CC2)cc1.Clc1ccc(CCNc2ncnc3ccsc23)cc1Cl. The van der Waals surface area contributed by atoms with Crippen molar-refractivity contribution in [2.45, 2.75) is 51.4 Å². The molecular formula is C43H39Cl3F3N7O2S. The topological polar surface area (TPSA) is 96.7 Å². The number of pyridine rings is 1. The van der Waals surface area contributed by atoms with Crippen molar-refractivity contribution in [3.8, 4) is 5.75 Å². The van der Waals surface area contributed by atoms with E-state index in [2.05, 4.69) is 47.4 Å². The first-order chi connectivity index (χ1) is 28.4. The molecule has 0 unspecified atom stereocenters. The Labute approximate surface area is 358 Å². The van der Waals surface area contributed by atoms with E-state index in [0.717, 1.165) is 83.0 Å². The van der Waals surface area contributed by atoms with Gasteiger partial charge in [0.05, 0.1) is 31.0 Å². The molecule has 9 nitrogen and oxygen atoms in total. The number of carbonyl (C=O) groups is 1. The van der Waals surface area contributed by atoms with E-state index >= 15 is 0 Å². The number of piperidine rings is 1. The minimum Gasteiger partial charge on any atom is -0.406 e. The second-order valence-electron chi connectivity index (χ2n) is 13.8. The van der Waals surface area contributed by atoms with Gasteiger partial charge in [-0.2, -0.15) is 0 Å². The molecule has 0 bridgehead atoms. The van der Waals surface area contributed by atoms with E-state index in [4.69, 9.17) is 34.8 Å². The monoisotopic (exact) mass is 879 g/mol. The number of rotatable bonds is 11. The number of ether oxygens (including phenoxy) is 1. The predicted molar refractivity (Wildman–Crippen MR) is 231 cm³/mol. The van der Waals surface area contributed by atoms with Crippen molar-refractivity contribution in [1.82, 2.24) is 24.7 Å². The summed E-state index contributed by atoms with van der Waals surface area (Å²) < 4.78 is 44.0. The fourth-order valence-electron chi connectivity index (χ4n) is 6.99. The normalized spacial score (nSPS) is 13.3. The average Bonchev–Trinajstić information content (AvgIpc) is 3.87. The Kier molecular flexibility index (Phi) is 13.5. The summed E-state index contributed by atoms with van der Waals surface area (Å²) >= 11 is 19.7. The molecule has 7 aromatic rings. The van der Waals surface area contributed by atoms with Gasteiger partial charge in [-0.05, 0) is 108 Å². The van der Waals surface area contributed by atoms with Crippen molar-refractivity contribution in [3.05, 3.63) is 146 Å². The van der Waals surface area contributed by atoms with Gasteiger partial charge in [0.15, 0.2) is 0 Å². The van der Waals surface area contributed by atoms with E-state index in [-0.39, 0.29) is 17.6 Å². The first-order valence-corrected chi connectivity index (χ1v) is 21.0. The lowest BCUT2D eigenvalue weighted by molar-refractivity contribution is -0.274. The molecular weight excluding hydrogens is 842 g/mol. The standard InChI is InChI=1S/C29H28ClF3N4O2.C14H11Cl2N3S/c1-2-25-27(37-18-22(30)7-12-26(37)35-25)28(38)34-17-19-3-8-23(9-4-19)36-15-13-21(14-16-36)20-5-10-24(11-6-20)39-29(31,32)33;15-10-2-1-9(7-11(10)16)3-5-17-14-13-12(4-6-20-13)18-8-19-14/h3-12,18,21H,2,13-17H2,1H3,(H,34,38);1-2,4,6-8H,3,5H2,(H,17,18,19). The molecule has 0 saturated carbocycles. The van der Waals surface area contributed by atoms with Gasteiger partial charge in [-0.3, -0.25) is 9.20 Å². The molecule has 0 aliphatic carbocycles. The highest BCUT2D eigenvalue weighted by Gasteiger charge is 2.31. The Morgan fingerprint density at radius 1 is 0.915 bits per heavy atom. The van der Waals surface area contributed by atoms with Gasteiger partial charge >= 0.3 is 6.36 Å². The molecule has 1 amide bonds. The van der Waals surface area contributed by atoms with E-state index < -0.39 is 6.36 Å². The van der Waals surface area contributed by atoms with Crippen LogP contribution in [-0.2, 0) is 19.4 Å². The van der Waals surface area contributed by atoms with Gasteiger partial charge in [0, 0.05) is 38.1 Å². The lowest BCUT2D eigenvalue weighted by atomic mass is 9.89. The minimum atomic E-state index is -4.68. The summed E-state index contributed by atoms with van der Waals surface area (Å²) in [6.07, 6.45) is 1.89. The first-order valence-electron chi connectivity index (χ1n) is 18.9. The van der Waals surface area contributed by atoms with Crippen LogP contribution < -0.4 is 20.3 Å². The third kappa shape index (κ3) is 10.8. The van der Waals surface area contributed by atoms with Crippen LogP contribution >= 0.6 is 46.1 Å². The van der Waals surface area contributed by atoms with E-state index in [0.29, 0.717) is 39.4 Å². The van der Waals surface area contributed by atoms with E-state index in [9.17, 15) is 18.0 Å². The molecule has 0 atom stereocenters. The van der Waals surface area contributed by atoms with E-state index in [1.807, 2.05) is 48.7 Å². The van der Waals surface area contributed by atoms with Gasteiger partial charge < -0.3 is 20.3 Å². The molecule has 3 aromatic carbocycles. The number of thiophene rings is 1. The van der Waals surface area contributed by atoms with Crippen LogP contribution in [0.15, 0.2) is 103 Å². The summed E-state index contributed by atoms with van der Waals surface area (Å²) in [5.74, 6) is 0.766. The van der Waals surface area contributed by atoms with Crippen molar-refractivity contribution in [3.63, 3.8) is 0 Å². The number of hydrogen-bond donors (Lipinski definition) is 2. The van der Waals surface area contributed by atoms with Crippen LogP contribution in [0.4, 0.5) is 24.7 Å². The van der Waals surface area contributed by atoms with Crippen molar-refractivity contribution in [2.75, 3.05) is 29.9 Å². The molecule has 4 aromatic heterocycles. The smallest absolute Gasteiger partial charge is 0.406 e. The summed E-state index contributed by atoms with van der Waals surface area (Å²) in [5, 5.41) is 10.1. The summed E-state index contributed by atoms with van der Waals surface area (Å²) in [5.41, 5.74) is 7.12. The molecule has 59 heavy (non-hydrogen) atoms. The van der Waals surface area contributed by atoms with Crippen molar-refractivity contribution < 1.29 is 22.7 Å². The Hall–Kier alpha value is -5.08. The lowest BCUT2D eigenvalue weighted by Crippen LogP contribution is -2.32. The highest BCUT2D eigenvalue weighted by molar-refractivity contribution is 7.17.